The van der Waals surface area contributed by atoms with E-state index in [2.05, 4.69) is 29.5 Å². The number of rotatable bonds is 11. The number of hydrogen-bond acceptors (Lipinski definition) is 4. The molecule has 2 N–H and O–H groups in total. The van der Waals surface area contributed by atoms with Gasteiger partial charge in [-0.2, -0.15) is 4.31 Å². The van der Waals surface area contributed by atoms with E-state index in [1.807, 2.05) is 26.0 Å². The van der Waals surface area contributed by atoms with Gasteiger partial charge < -0.3 is 15.4 Å². The number of sulfonamides is 1. The van der Waals surface area contributed by atoms with Gasteiger partial charge >= 0.3 is 0 Å². The molecule has 0 spiro atoms. The Kier molecular flexibility index (Phi) is 13.0. The molecule has 2 rings (SSSR count). The molecule has 7 nitrogen and oxygen atoms in total. The molecule has 1 aliphatic rings. The van der Waals surface area contributed by atoms with E-state index in [9.17, 15) is 8.42 Å². The number of ether oxygens (including phenoxy) is 1. The fourth-order valence-electron chi connectivity index (χ4n) is 3.51. The highest BCUT2D eigenvalue weighted by atomic mass is 127. The topological polar surface area (TPSA) is 83.0 Å². The minimum Gasteiger partial charge on any atom is -0.378 e. The molecular formula is C22H39IN4O3S. The summed E-state index contributed by atoms with van der Waals surface area (Å²) in [6.45, 7) is 12.4. The number of nitrogens with zero attached hydrogens (tertiary/aromatic N) is 2. The van der Waals surface area contributed by atoms with E-state index in [-0.39, 0.29) is 30.1 Å². The summed E-state index contributed by atoms with van der Waals surface area (Å²) in [6, 6.07) is 7.07. The van der Waals surface area contributed by atoms with Crippen LogP contribution in [-0.2, 0) is 21.3 Å². The van der Waals surface area contributed by atoms with E-state index < -0.39 is 10.0 Å². The number of hydrogen-bond donors (Lipinski definition) is 2. The Hall–Kier alpha value is -0.910. The minimum absolute atomic E-state index is 0. The van der Waals surface area contributed by atoms with Gasteiger partial charge in [-0.15, -0.1) is 24.0 Å². The van der Waals surface area contributed by atoms with Gasteiger partial charge in [0.1, 0.15) is 0 Å². The first-order chi connectivity index (χ1) is 14.4. The SMILES string of the molecule is CCNC(=NCc1ccc(S(=O)(=O)N2CCCC2)cc1)NCCC(OCC)C(C)C.I. The van der Waals surface area contributed by atoms with Crippen molar-refractivity contribution in [3.63, 3.8) is 0 Å². The van der Waals surface area contributed by atoms with Crippen molar-refractivity contribution in [1.82, 2.24) is 14.9 Å². The molecule has 1 aliphatic heterocycles. The highest BCUT2D eigenvalue weighted by molar-refractivity contribution is 14.0. The number of halogens is 1. The maximum Gasteiger partial charge on any atom is 0.243 e. The van der Waals surface area contributed by atoms with Crippen molar-refractivity contribution in [2.45, 2.75) is 64.5 Å². The van der Waals surface area contributed by atoms with Gasteiger partial charge in [-0.1, -0.05) is 26.0 Å². The lowest BCUT2D eigenvalue weighted by Gasteiger charge is -2.21. The fraction of sp³-hybridized carbons (Fsp3) is 0.682. The summed E-state index contributed by atoms with van der Waals surface area (Å²) in [5, 5.41) is 6.62. The smallest absolute Gasteiger partial charge is 0.243 e. The zero-order valence-corrected chi connectivity index (χ0v) is 22.4. The molecule has 0 amide bonds. The van der Waals surface area contributed by atoms with Crippen LogP contribution >= 0.6 is 24.0 Å². The van der Waals surface area contributed by atoms with Gasteiger partial charge in [0.25, 0.3) is 0 Å². The third kappa shape index (κ3) is 8.86. The molecule has 178 valence electrons. The lowest BCUT2D eigenvalue weighted by molar-refractivity contribution is 0.0258. The summed E-state index contributed by atoms with van der Waals surface area (Å²) in [5.41, 5.74) is 0.974. The molecule has 0 radical (unpaired) electrons. The highest BCUT2D eigenvalue weighted by Gasteiger charge is 2.26. The number of aliphatic imine (C=N–C) groups is 1. The van der Waals surface area contributed by atoms with Crippen LogP contribution in [0.25, 0.3) is 0 Å². The summed E-state index contributed by atoms with van der Waals surface area (Å²) in [5.74, 6) is 1.23. The zero-order chi connectivity index (χ0) is 22.0. The van der Waals surface area contributed by atoms with Gasteiger partial charge in [-0.25, -0.2) is 13.4 Å². The van der Waals surface area contributed by atoms with Crippen LogP contribution in [-0.4, -0.2) is 57.6 Å². The lowest BCUT2D eigenvalue weighted by atomic mass is 10.0. The number of guanidine groups is 1. The minimum atomic E-state index is -3.37. The van der Waals surface area contributed by atoms with E-state index >= 15 is 0 Å². The van der Waals surface area contributed by atoms with Crippen LogP contribution in [0.3, 0.4) is 0 Å². The molecule has 1 fully saturated rings. The molecule has 1 unspecified atom stereocenters. The Bertz CT molecular complexity index is 763. The Morgan fingerprint density at radius 3 is 2.32 bits per heavy atom. The van der Waals surface area contributed by atoms with Crippen LogP contribution in [0, 0.1) is 5.92 Å². The van der Waals surface area contributed by atoms with Gasteiger partial charge in [-0.05, 0) is 56.7 Å². The van der Waals surface area contributed by atoms with Gasteiger partial charge in [-0.3, -0.25) is 0 Å². The molecule has 9 heteroatoms. The fourth-order valence-corrected chi connectivity index (χ4v) is 5.03. The predicted octanol–water partition coefficient (Wildman–Crippen LogP) is 3.60. The van der Waals surface area contributed by atoms with E-state index in [0.29, 0.717) is 30.4 Å². The second-order valence-electron chi connectivity index (χ2n) is 7.90. The molecule has 0 bridgehead atoms. The van der Waals surface area contributed by atoms with Gasteiger partial charge in [0.2, 0.25) is 10.0 Å². The predicted molar refractivity (Wildman–Crippen MR) is 138 cm³/mol. The summed E-state index contributed by atoms with van der Waals surface area (Å²) >= 11 is 0. The van der Waals surface area contributed by atoms with Crippen molar-refractivity contribution in [3.05, 3.63) is 29.8 Å². The van der Waals surface area contributed by atoms with Crippen LogP contribution in [0.15, 0.2) is 34.2 Å². The lowest BCUT2D eigenvalue weighted by Crippen LogP contribution is -2.39. The quantitative estimate of drug-likeness (QED) is 0.243. The molecule has 1 aromatic rings. The zero-order valence-electron chi connectivity index (χ0n) is 19.3. The standard InChI is InChI=1S/C22H38N4O3S.HI/c1-5-23-22(24-14-13-21(18(3)4)29-6-2)25-17-19-9-11-20(12-10-19)30(27,28)26-15-7-8-16-26;/h9-12,18,21H,5-8,13-17H2,1-4H3,(H2,23,24,25);1H. The average molecular weight is 567 g/mol. The largest absolute Gasteiger partial charge is 0.378 e. The van der Waals surface area contributed by atoms with E-state index in [1.54, 1.807) is 16.4 Å². The van der Waals surface area contributed by atoms with Crippen molar-refractivity contribution in [2.24, 2.45) is 10.9 Å². The molecule has 0 saturated carbocycles. The van der Waals surface area contributed by atoms with Crippen LogP contribution in [0.4, 0.5) is 0 Å². The van der Waals surface area contributed by atoms with E-state index in [0.717, 1.165) is 50.5 Å². The Labute approximate surface area is 205 Å². The first-order valence-electron chi connectivity index (χ1n) is 11.1. The van der Waals surface area contributed by atoms with Crippen molar-refractivity contribution in [1.29, 1.82) is 0 Å². The second kappa shape index (κ2) is 14.3. The highest BCUT2D eigenvalue weighted by Crippen LogP contribution is 2.21. The van der Waals surface area contributed by atoms with Gasteiger partial charge in [0.05, 0.1) is 17.5 Å². The van der Waals surface area contributed by atoms with Crippen molar-refractivity contribution < 1.29 is 13.2 Å². The van der Waals surface area contributed by atoms with Crippen molar-refractivity contribution in [2.75, 3.05) is 32.8 Å². The maximum atomic E-state index is 12.6. The molecule has 31 heavy (non-hydrogen) atoms. The van der Waals surface area contributed by atoms with Gasteiger partial charge in [0, 0.05) is 32.8 Å². The monoisotopic (exact) mass is 566 g/mol. The molecule has 1 atom stereocenters. The summed E-state index contributed by atoms with van der Waals surface area (Å²) in [6.07, 6.45) is 3.03. The first-order valence-corrected chi connectivity index (χ1v) is 12.5. The number of benzene rings is 1. The third-order valence-corrected chi connectivity index (χ3v) is 7.15. The summed E-state index contributed by atoms with van der Waals surface area (Å²) < 4.78 is 32.6. The van der Waals surface area contributed by atoms with Crippen LogP contribution in [0.1, 0.15) is 52.5 Å². The Balaban J connectivity index is 0.00000480. The average Bonchev–Trinajstić information content (AvgIpc) is 3.27. The molecule has 0 aliphatic carbocycles. The molecule has 1 saturated heterocycles. The summed E-state index contributed by atoms with van der Waals surface area (Å²) in [4.78, 5) is 4.99. The molecule has 1 aromatic carbocycles. The first kappa shape index (κ1) is 28.1. The van der Waals surface area contributed by atoms with Crippen LogP contribution in [0.2, 0.25) is 0 Å². The second-order valence-corrected chi connectivity index (χ2v) is 9.84. The van der Waals surface area contributed by atoms with Crippen molar-refractivity contribution in [3.8, 4) is 0 Å². The third-order valence-electron chi connectivity index (χ3n) is 5.24. The molecule has 1 heterocycles. The summed E-state index contributed by atoms with van der Waals surface area (Å²) in [7, 11) is -3.37. The normalized spacial score (nSPS) is 16.2. The number of nitrogens with one attached hydrogen (secondary N) is 2. The molecule has 0 aromatic heterocycles. The van der Waals surface area contributed by atoms with Crippen LogP contribution in [0.5, 0.6) is 0 Å². The van der Waals surface area contributed by atoms with Crippen LogP contribution < -0.4 is 10.6 Å². The Morgan fingerprint density at radius 1 is 1.13 bits per heavy atom. The Morgan fingerprint density at radius 2 is 1.77 bits per heavy atom. The molecular weight excluding hydrogens is 527 g/mol. The van der Waals surface area contributed by atoms with E-state index in [1.165, 1.54) is 0 Å². The van der Waals surface area contributed by atoms with Crippen molar-refractivity contribution >= 4 is 40.0 Å². The van der Waals surface area contributed by atoms with E-state index in [4.69, 9.17) is 4.74 Å². The maximum absolute atomic E-state index is 12.6. The van der Waals surface area contributed by atoms with Gasteiger partial charge in [0.15, 0.2) is 5.96 Å².